The summed E-state index contributed by atoms with van der Waals surface area (Å²) in [5.41, 5.74) is 4.85. The highest BCUT2D eigenvalue weighted by Gasteiger charge is 2.14. The quantitative estimate of drug-likeness (QED) is 0.709. The third-order valence-electron chi connectivity index (χ3n) is 3.92. The van der Waals surface area contributed by atoms with Gasteiger partial charge in [-0.05, 0) is 30.3 Å². The molecule has 0 spiro atoms. The van der Waals surface area contributed by atoms with E-state index in [2.05, 4.69) is 15.3 Å². The van der Waals surface area contributed by atoms with E-state index in [1.54, 1.807) is 24.7 Å². The molecule has 0 unspecified atom stereocenters. The second-order valence-corrected chi connectivity index (χ2v) is 5.91. The van der Waals surface area contributed by atoms with Crippen molar-refractivity contribution in [2.24, 2.45) is 0 Å². The average Bonchev–Trinajstić information content (AvgIpc) is 2.68. The van der Waals surface area contributed by atoms with Crippen LogP contribution in [0.1, 0.15) is 10.4 Å². The van der Waals surface area contributed by atoms with Crippen molar-refractivity contribution >= 4 is 23.0 Å². The second kappa shape index (κ2) is 7.65. The first-order chi connectivity index (χ1) is 12.6. The number of carbonyl (C=O) groups excluding carboxylic acids is 1. The fourth-order valence-electron chi connectivity index (χ4n) is 2.62. The van der Waals surface area contributed by atoms with Gasteiger partial charge in [-0.25, -0.2) is 4.79 Å². The number of hydrogen-bond acceptors (Lipinski definition) is 6. The van der Waals surface area contributed by atoms with E-state index >= 15 is 0 Å². The fourth-order valence-corrected chi connectivity index (χ4v) is 2.62. The van der Waals surface area contributed by atoms with E-state index in [0.717, 1.165) is 28.3 Å². The lowest BCUT2D eigenvalue weighted by Crippen LogP contribution is -2.15. The zero-order valence-corrected chi connectivity index (χ0v) is 14.9. The first-order valence-electron chi connectivity index (χ1n) is 8.11. The number of ether oxygens (including phenoxy) is 1. The molecule has 1 heterocycles. The minimum Gasteiger partial charge on any atom is -0.465 e. The monoisotopic (exact) mass is 348 g/mol. The van der Waals surface area contributed by atoms with E-state index < -0.39 is 0 Å². The number of aromatic nitrogens is 2. The van der Waals surface area contributed by atoms with Crippen molar-refractivity contribution in [1.82, 2.24) is 9.97 Å². The second-order valence-electron chi connectivity index (χ2n) is 5.91. The van der Waals surface area contributed by atoms with Gasteiger partial charge in [0.25, 0.3) is 0 Å². The molecule has 0 radical (unpaired) electrons. The van der Waals surface area contributed by atoms with Gasteiger partial charge >= 0.3 is 5.97 Å². The van der Waals surface area contributed by atoms with Crippen molar-refractivity contribution in [2.45, 2.75) is 0 Å². The van der Waals surface area contributed by atoms with Gasteiger partial charge in [0.2, 0.25) is 0 Å². The van der Waals surface area contributed by atoms with Gasteiger partial charge in [0, 0.05) is 43.4 Å². The molecule has 26 heavy (non-hydrogen) atoms. The molecular formula is C20H20N4O2. The third kappa shape index (κ3) is 3.80. The van der Waals surface area contributed by atoms with Crippen LogP contribution < -0.4 is 10.2 Å². The summed E-state index contributed by atoms with van der Waals surface area (Å²) >= 11 is 0. The van der Waals surface area contributed by atoms with Crippen LogP contribution in [0.15, 0.2) is 61.1 Å². The maximum atomic E-state index is 12.1. The van der Waals surface area contributed by atoms with Crippen LogP contribution in [0.2, 0.25) is 0 Å². The van der Waals surface area contributed by atoms with Crippen molar-refractivity contribution < 1.29 is 9.53 Å². The molecule has 0 saturated heterocycles. The Bertz CT molecular complexity index is 893. The predicted molar refractivity (Wildman–Crippen MR) is 103 cm³/mol. The number of methoxy groups -OCH3 is 1. The van der Waals surface area contributed by atoms with Gasteiger partial charge in [-0.1, -0.05) is 12.1 Å². The molecule has 0 amide bonds. The predicted octanol–water partition coefficient (Wildman–Crippen LogP) is 3.74. The van der Waals surface area contributed by atoms with Crippen molar-refractivity contribution in [3.05, 3.63) is 66.6 Å². The summed E-state index contributed by atoms with van der Waals surface area (Å²) in [5.74, 6) is -0.365. The normalized spacial score (nSPS) is 10.3. The summed E-state index contributed by atoms with van der Waals surface area (Å²) in [6.07, 6.45) is 5.04. The summed E-state index contributed by atoms with van der Waals surface area (Å²) in [5, 5.41) is 3.31. The SMILES string of the molecule is COC(=O)c1cc(Nc2ccc(-c3cnccn3)cc2)ccc1N(C)C. The molecule has 6 heteroatoms. The van der Waals surface area contributed by atoms with Gasteiger partial charge in [0.1, 0.15) is 0 Å². The Morgan fingerprint density at radius 2 is 1.77 bits per heavy atom. The van der Waals surface area contributed by atoms with Gasteiger partial charge in [0.05, 0.1) is 30.3 Å². The zero-order chi connectivity index (χ0) is 18.5. The lowest BCUT2D eigenvalue weighted by molar-refractivity contribution is 0.0601. The lowest BCUT2D eigenvalue weighted by Gasteiger charge is -2.18. The van der Waals surface area contributed by atoms with Gasteiger partial charge < -0.3 is 15.0 Å². The Morgan fingerprint density at radius 1 is 1.04 bits per heavy atom. The fraction of sp³-hybridized carbons (Fsp3) is 0.150. The van der Waals surface area contributed by atoms with E-state index in [1.165, 1.54) is 7.11 Å². The van der Waals surface area contributed by atoms with Crippen LogP contribution in [0, 0.1) is 0 Å². The Morgan fingerprint density at radius 3 is 2.38 bits per heavy atom. The van der Waals surface area contributed by atoms with E-state index in [0.29, 0.717) is 5.56 Å². The number of nitrogens with one attached hydrogen (secondary N) is 1. The smallest absolute Gasteiger partial charge is 0.340 e. The Hall–Kier alpha value is -3.41. The van der Waals surface area contributed by atoms with Crippen LogP contribution in [-0.2, 0) is 4.74 Å². The Balaban J connectivity index is 1.83. The van der Waals surface area contributed by atoms with Crippen LogP contribution in [0.5, 0.6) is 0 Å². The van der Waals surface area contributed by atoms with Crippen LogP contribution in [0.3, 0.4) is 0 Å². The molecule has 0 aliphatic rings. The molecular weight excluding hydrogens is 328 g/mol. The van der Waals surface area contributed by atoms with Crippen LogP contribution in [0.25, 0.3) is 11.3 Å². The summed E-state index contributed by atoms with van der Waals surface area (Å²) in [7, 11) is 5.16. The minimum atomic E-state index is -0.365. The molecule has 3 rings (SSSR count). The first kappa shape index (κ1) is 17.4. The van der Waals surface area contributed by atoms with E-state index in [9.17, 15) is 4.79 Å². The molecule has 0 aliphatic heterocycles. The number of rotatable bonds is 5. The highest BCUT2D eigenvalue weighted by Crippen LogP contribution is 2.27. The Kier molecular flexibility index (Phi) is 5.12. The molecule has 3 aromatic rings. The van der Waals surface area contributed by atoms with Gasteiger partial charge in [0.15, 0.2) is 0 Å². The molecule has 2 aromatic carbocycles. The van der Waals surface area contributed by atoms with Crippen LogP contribution in [-0.4, -0.2) is 37.1 Å². The van der Waals surface area contributed by atoms with Crippen LogP contribution >= 0.6 is 0 Å². The summed E-state index contributed by atoms with van der Waals surface area (Å²) < 4.78 is 4.89. The molecule has 0 aliphatic carbocycles. The number of anilines is 3. The van der Waals surface area contributed by atoms with Crippen molar-refractivity contribution in [3.8, 4) is 11.3 Å². The number of nitrogens with zero attached hydrogens (tertiary/aromatic N) is 3. The van der Waals surface area contributed by atoms with Gasteiger partial charge in [-0.3, -0.25) is 9.97 Å². The first-order valence-corrected chi connectivity index (χ1v) is 8.11. The van der Waals surface area contributed by atoms with Crippen molar-refractivity contribution in [2.75, 3.05) is 31.4 Å². The third-order valence-corrected chi connectivity index (χ3v) is 3.92. The van der Waals surface area contributed by atoms with E-state index in [1.807, 2.05) is 55.4 Å². The zero-order valence-electron chi connectivity index (χ0n) is 14.9. The molecule has 0 bridgehead atoms. The molecule has 132 valence electrons. The molecule has 0 atom stereocenters. The molecule has 0 fully saturated rings. The van der Waals surface area contributed by atoms with Gasteiger partial charge in [-0.2, -0.15) is 0 Å². The highest BCUT2D eigenvalue weighted by molar-refractivity contribution is 5.97. The summed E-state index contributed by atoms with van der Waals surface area (Å²) in [6, 6.07) is 13.5. The van der Waals surface area contributed by atoms with Gasteiger partial charge in [-0.15, -0.1) is 0 Å². The molecule has 0 saturated carbocycles. The minimum absolute atomic E-state index is 0.365. The number of carbonyl (C=O) groups is 1. The number of esters is 1. The standard InChI is InChI=1S/C20H20N4O2/c1-24(2)19-9-8-16(12-17(19)20(25)26-3)23-15-6-4-14(5-7-15)18-13-21-10-11-22-18/h4-13,23H,1-3H3. The van der Waals surface area contributed by atoms with E-state index in [-0.39, 0.29) is 5.97 Å². The largest absolute Gasteiger partial charge is 0.465 e. The molecule has 1 N–H and O–H groups in total. The number of benzene rings is 2. The molecule has 6 nitrogen and oxygen atoms in total. The van der Waals surface area contributed by atoms with Crippen molar-refractivity contribution in [3.63, 3.8) is 0 Å². The van der Waals surface area contributed by atoms with Crippen molar-refractivity contribution in [1.29, 1.82) is 0 Å². The highest BCUT2D eigenvalue weighted by atomic mass is 16.5. The lowest BCUT2D eigenvalue weighted by atomic mass is 10.1. The molecule has 1 aromatic heterocycles. The van der Waals surface area contributed by atoms with Crippen LogP contribution in [0.4, 0.5) is 17.1 Å². The maximum absolute atomic E-state index is 12.1. The van der Waals surface area contributed by atoms with E-state index in [4.69, 9.17) is 4.74 Å². The topological polar surface area (TPSA) is 67.3 Å². The summed E-state index contributed by atoms with van der Waals surface area (Å²) in [4.78, 5) is 22.3. The Labute approximate surface area is 152 Å². The average molecular weight is 348 g/mol. The number of hydrogen-bond donors (Lipinski definition) is 1. The summed E-state index contributed by atoms with van der Waals surface area (Å²) in [6.45, 7) is 0. The maximum Gasteiger partial charge on any atom is 0.340 e.